The van der Waals surface area contributed by atoms with E-state index in [0.29, 0.717) is 18.4 Å². The summed E-state index contributed by atoms with van der Waals surface area (Å²) in [7, 11) is -3.55. The highest BCUT2D eigenvalue weighted by Gasteiger charge is 2.59. The van der Waals surface area contributed by atoms with Crippen molar-refractivity contribution < 1.29 is 23.1 Å². The first kappa shape index (κ1) is 30.1. The predicted octanol–water partition coefficient (Wildman–Crippen LogP) is 7.30. The third-order valence-corrected chi connectivity index (χ3v) is 13.2. The molecule has 5 nitrogen and oxygen atoms in total. The van der Waals surface area contributed by atoms with Crippen molar-refractivity contribution in [3.63, 3.8) is 0 Å². The van der Waals surface area contributed by atoms with Gasteiger partial charge in [-0.25, -0.2) is 8.42 Å². The van der Waals surface area contributed by atoms with E-state index in [1.54, 1.807) is 5.57 Å². The molecule has 1 N–H and O–H groups in total. The van der Waals surface area contributed by atoms with Crippen molar-refractivity contribution in [2.45, 2.75) is 118 Å². The zero-order valence-electron chi connectivity index (χ0n) is 24.7. The quantitative estimate of drug-likeness (QED) is 0.204. The third kappa shape index (κ3) is 6.37. The molecule has 0 saturated heterocycles. The number of carboxylic acids is 1. The summed E-state index contributed by atoms with van der Waals surface area (Å²) >= 11 is 0. The molecule has 0 bridgehead atoms. The second-order valence-corrected chi connectivity index (χ2v) is 16.5. The Bertz CT molecular complexity index is 970. The Kier molecular flexibility index (Phi) is 9.44. The summed E-state index contributed by atoms with van der Waals surface area (Å²) in [5.74, 6) is 2.84. The predicted molar refractivity (Wildman–Crippen MR) is 154 cm³/mol. The molecule has 4 aliphatic rings. The van der Waals surface area contributed by atoms with Crippen LogP contribution in [-0.4, -0.2) is 43.7 Å². The topological polar surface area (TPSA) is 80.7 Å². The molecule has 0 aromatic carbocycles. The number of carbonyl (C=O) groups is 1. The van der Waals surface area contributed by atoms with Gasteiger partial charge in [-0.3, -0.25) is 4.79 Å². The Labute approximate surface area is 232 Å². The summed E-state index contributed by atoms with van der Waals surface area (Å²) in [6.07, 6.45) is 17.3. The first-order chi connectivity index (χ1) is 17.9. The van der Waals surface area contributed by atoms with Crippen LogP contribution in [0.5, 0.6) is 0 Å². The minimum absolute atomic E-state index is 0.117. The van der Waals surface area contributed by atoms with Crippen LogP contribution in [-0.2, 0) is 19.4 Å². The number of aliphatic carboxylic acids is 1. The molecule has 0 spiro atoms. The summed E-state index contributed by atoms with van der Waals surface area (Å²) in [4.78, 5) is 10.7. The van der Waals surface area contributed by atoms with E-state index in [-0.39, 0.29) is 17.3 Å². The molecular weight excluding hydrogens is 496 g/mol. The molecule has 3 fully saturated rings. The van der Waals surface area contributed by atoms with E-state index < -0.39 is 21.6 Å². The van der Waals surface area contributed by atoms with Crippen LogP contribution in [0.4, 0.5) is 0 Å². The van der Waals surface area contributed by atoms with Gasteiger partial charge in [-0.1, -0.05) is 65.5 Å². The summed E-state index contributed by atoms with van der Waals surface area (Å²) in [6, 6.07) is 0. The van der Waals surface area contributed by atoms with Gasteiger partial charge in [0.15, 0.2) is 9.84 Å². The van der Waals surface area contributed by atoms with E-state index >= 15 is 0 Å². The van der Waals surface area contributed by atoms with Crippen LogP contribution < -0.4 is 0 Å². The van der Waals surface area contributed by atoms with Crippen molar-refractivity contribution in [1.29, 1.82) is 0 Å². The zero-order valence-corrected chi connectivity index (χ0v) is 25.5. The SMILES string of the molecule is CC(C)CCC[C@@H](C)[C@H]1CCC2C3CC=C4C[C@@H](OCCCS(=O)(=O)CC(=O)O)CC[C@]4(C)C3CC[C@@]21C. The monoisotopic (exact) mass is 550 g/mol. The molecule has 218 valence electrons. The maximum Gasteiger partial charge on any atom is 0.318 e. The molecule has 38 heavy (non-hydrogen) atoms. The Hall–Kier alpha value is -0.880. The van der Waals surface area contributed by atoms with Gasteiger partial charge < -0.3 is 9.84 Å². The lowest BCUT2D eigenvalue weighted by molar-refractivity contribution is -0.134. The molecule has 4 rings (SSSR count). The van der Waals surface area contributed by atoms with Crippen LogP contribution in [0.2, 0.25) is 0 Å². The van der Waals surface area contributed by atoms with E-state index in [2.05, 4.69) is 40.7 Å². The number of ether oxygens (including phenoxy) is 1. The number of sulfone groups is 1. The fourth-order valence-corrected chi connectivity index (χ4v) is 10.7. The molecule has 6 heteroatoms. The Balaban J connectivity index is 1.33. The van der Waals surface area contributed by atoms with E-state index in [4.69, 9.17) is 9.84 Å². The molecule has 0 radical (unpaired) electrons. The van der Waals surface area contributed by atoms with Crippen molar-refractivity contribution in [2.24, 2.45) is 46.3 Å². The van der Waals surface area contributed by atoms with Crippen molar-refractivity contribution in [3.05, 3.63) is 11.6 Å². The van der Waals surface area contributed by atoms with Crippen LogP contribution in [0, 0.1) is 46.3 Å². The average Bonchev–Trinajstić information content (AvgIpc) is 3.18. The van der Waals surface area contributed by atoms with Gasteiger partial charge in [0.1, 0.15) is 5.75 Å². The minimum Gasteiger partial charge on any atom is -0.480 e. The summed E-state index contributed by atoms with van der Waals surface area (Å²) < 4.78 is 29.8. The van der Waals surface area contributed by atoms with Gasteiger partial charge in [0.25, 0.3) is 0 Å². The Morgan fingerprint density at radius 1 is 1.05 bits per heavy atom. The normalized spacial score (nSPS) is 37.7. The summed E-state index contributed by atoms with van der Waals surface area (Å²) in [6.45, 7) is 12.8. The van der Waals surface area contributed by atoms with E-state index in [1.165, 1.54) is 57.8 Å². The fraction of sp³-hybridized carbons (Fsp3) is 0.906. The Morgan fingerprint density at radius 2 is 1.82 bits per heavy atom. The van der Waals surface area contributed by atoms with Crippen LogP contribution in [0.1, 0.15) is 112 Å². The summed E-state index contributed by atoms with van der Waals surface area (Å²) in [5, 5.41) is 8.76. The molecule has 3 saturated carbocycles. The molecule has 8 atom stereocenters. The molecule has 0 aliphatic heterocycles. The van der Waals surface area contributed by atoms with Gasteiger partial charge in [0, 0.05) is 6.61 Å². The largest absolute Gasteiger partial charge is 0.480 e. The van der Waals surface area contributed by atoms with Crippen LogP contribution in [0.15, 0.2) is 11.6 Å². The highest BCUT2D eigenvalue weighted by Crippen LogP contribution is 2.67. The maximum absolute atomic E-state index is 11.8. The maximum atomic E-state index is 11.8. The van der Waals surface area contributed by atoms with E-state index in [9.17, 15) is 13.2 Å². The van der Waals surface area contributed by atoms with E-state index in [0.717, 1.165) is 48.3 Å². The van der Waals surface area contributed by atoms with Gasteiger partial charge >= 0.3 is 5.97 Å². The fourth-order valence-electron chi connectivity index (χ4n) is 9.58. The molecular formula is C32H54O5S. The number of rotatable bonds is 12. The molecule has 0 amide bonds. The average molecular weight is 551 g/mol. The van der Waals surface area contributed by atoms with Crippen molar-refractivity contribution >= 4 is 15.8 Å². The highest BCUT2D eigenvalue weighted by atomic mass is 32.2. The molecule has 0 aromatic rings. The second kappa shape index (κ2) is 11.9. The van der Waals surface area contributed by atoms with Crippen molar-refractivity contribution in [1.82, 2.24) is 0 Å². The number of hydrogen-bond acceptors (Lipinski definition) is 4. The Morgan fingerprint density at radius 3 is 2.53 bits per heavy atom. The van der Waals surface area contributed by atoms with Gasteiger partial charge in [0.2, 0.25) is 0 Å². The van der Waals surface area contributed by atoms with Gasteiger partial charge in [-0.2, -0.15) is 0 Å². The standard InChI is InChI=1S/C32H54O5S/c1-22(2)8-6-9-23(3)27-12-13-28-26-11-10-24-20-25(37-18-7-19-38(35,36)21-30(33)34)14-16-31(24,4)29(26)15-17-32(27,28)5/h10,22-23,25-29H,6-9,11-21H2,1-5H3,(H,33,34)/t23-,25+,26?,27-,28?,29?,31+,32-/m1/s1. The van der Waals surface area contributed by atoms with Crippen molar-refractivity contribution in [3.8, 4) is 0 Å². The first-order valence-corrected chi connectivity index (χ1v) is 17.4. The lowest BCUT2D eigenvalue weighted by atomic mass is 9.47. The first-order valence-electron chi connectivity index (χ1n) is 15.6. The van der Waals surface area contributed by atoms with Gasteiger partial charge in [0.05, 0.1) is 11.9 Å². The number of hydrogen-bond donors (Lipinski definition) is 1. The number of fused-ring (bicyclic) bond motifs is 5. The van der Waals surface area contributed by atoms with Crippen LogP contribution >= 0.6 is 0 Å². The van der Waals surface area contributed by atoms with Crippen molar-refractivity contribution in [2.75, 3.05) is 18.1 Å². The zero-order chi connectivity index (χ0) is 27.7. The van der Waals surface area contributed by atoms with E-state index in [1.807, 2.05) is 0 Å². The lowest BCUT2D eigenvalue weighted by Gasteiger charge is -2.58. The number of allylic oxidation sites excluding steroid dienone is 1. The van der Waals surface area contributed by atoms with Gasteiger partial charge in [-0.05, 0) is 104 Å². The number of carboxylic acid groups (broad SMARTS) is 1. The van der Waals surface area contributed by atoms with Crippen LogP contribution in [0.3, 0.4) is 0 Å². The third-order valence-electron chi connectivity index (χ3n) is 11.6. The highest BCUT2D eigenvalue weighted by molar-refractivity contribution is 7.92. The second-order valence-electron chi connectivity index (χ2n) is 14.4. The molecule has 3 unspecified atom stereocenters. The molecule has 0 aromatic heterocycles. The van der Waals surface area contributed by atoms with Gasteiger partial charge in [-0.15, -0.1) is 0 Å². The summed E-state index contributed by atoms with van der Waals surface area (Å²) in [5.41, 5.74) is 2.39. The minimum atomic E-state index is -3.55. The molecule has 0 heterocycles. The lowest BCUT2D eigenvalue weighted by Crippen LogP contribution is -2.51. The molecule has 4 aliphatic carbocycles. The van der Waals surface area contributed by atoms with Crippen LogP contribution in [0.25, 0.3) is 0 Å². The smallest absolute Gasteiger partial charge is 0.318 e.